The molecule has 6 nitrogen and oxygen atoms in total. The summed E-state index contributed by atoms with van der Waals surface area (Å²) >= 11 is 0. The van der Waals surface area contributed by atoms with Crippen molar-refractivity contribution in [2.75, 3.05) is 20.2 Å². The number of aromatic nitrogens is 2. The molecule has 1 aromatic carbocycles. The van der Waals surface area contributed by atoms with Crippen molar-refractivity contribution < 1.29 is 14.6 Å². The second kappa shape index (κ2) is 7.80. The first-order valence-electron chi connectivity index (χ1n) is 8.65. The molecule has 0 bridgehead atoms. The molecule has 0 spiro atoms. The topological polar surface area (TPSA) is 78.5 Å². The molecule has 1 atom stereocenters. The van der Waals surface area contributed by atoms with Gasteiger partial charge in [0.2, 0.25) is 0 Å². The molecule has 1 fully saturated rings. The zero-order valence-electron chi connectivity index (χ0n) is 14.7. The summed E-state index contributed by atoms with van der Waals surface area (Å²) in [5.41, 5.74) is 4.60. The molecule has 25 heavy (non-hydrogen) atoms. The van der Waals surface area contributed by atoms with Gasteiger partial charge in [0.25, 0.3) is 0 Å². The molecular weight excluding hydrogens is 318 g/mol. The van der Waals surface area contributed by atoms with Crippen LogP contribution in [0.3, 0.4) is 0 Å². The summed E-state index contributed by atoms with van der Waals surface area (Å²) < 4.78 is 5.15. The van der Waals surface area contributed by atoms with Crippen LogP contribution in [-0.4, -0.2) is 52.5 Å². The molecule has 0 aliphatic carbocycles. The summed E-state index contributed by atoms with van der Waals surface area (Å²) in [5.74, 6) is -0.781. The number of carbonyl (C=O) groups is 1. The van der Waals surface area contributed by atoms with Crippen LogP contribution in [-0.2, 0) is 16.1 Å². The van der Waals surface area contributed by atoms with Gasteiger partial charge in [-0.1, -0.05) is 23.8 Å². The number of carboxylic acids is 1. The Hall–Kier alpha value is -2.18. The van der Waals surface area contributed by atoms with Gasteiger partial charge in [-0.2, -0.15) is 5.10 Å². The molecule has 2 heterocycles. The van der Waals surface area contributed by atoms with Crippen LogP contribution in [0, 0.1) is 12.8 Å². The molecule has 0 amide bonds. The first kappa shape index (κ1) is 17.6. The Labute approximate surface area is 147 Å². The van der Waals surface area contributed by atoms with Gasteiger partial charge in [0.1, 0.15) is 0 Å². The van der Waals surface area contributed by atoms with Crippen LogP contribution in [0.25, 0.3) is 11.3 Å². The van der Waals surface area contributed by atoms with Crippen molar-refractivity contribution in [1.29, 1.82) is 0 Å². The van der Waals surface area contributed by atoms with Crippen molar-refractivity contribution in [2.45, 2.75) is 32.4 Å². The molecule has 134 valence electrons. The quantitative estimate of drug-likeness (QED) is 0.843. The fraction of sp³-hybridized carbons (Fsp3) is 0.474. The smallest absolute Gasteiger partial charge is 0.333 e. The number of nitrogens with one attached hydrogen (secondary N) is 1. The van der Waals surface area contributed by atoms with E-state index in [1.54, 1.807) is 0 Å². The number of hydrogen-bond donors (Lipinski definition) is 2. The number of ether oxygens (including phenoxy) is 1. The summed E-state index contributed by atoms with van der Waals surface area (Å²) in [4.78, 5) is 13.6. The number of aryl methyl sites for hydroxylation is 1. The molecule has 1 aliphatic rings. The van der Waals surface area contributed by atoms with Gasteiger partial charge in [0, 0.05) is 24.8 Å². The van der Waals surface area contributed by atoms with E-state index >= 15 is 0 Å². The molecule has 0 radical (unpaired) electrons. The van der Waals surface area contributed by atoms with Crippen molar-refractivity contribution in [3.8, 4) is 11.3 Å². The maximum atomic E-state index is 11.2. The number of rotatable bonds is 6. The SMILES string of the molecule is COC(C(=O)O)C1CCN(Cc2cn[nH]c2-c2cccc(C)c2)CC1. The highest BCUT2D eigenvalue weighted by molar-refractivity contribution is 5.72. The predicted molar refractivity (Wildman–Crippen MR) is 95.2 cm³/mol. The Morgan fingerprint density at radius 3 is 2.84 bits per heavy atom. The van der Waals surface area contributed by atoms with E-state index in [-0.39, 0.29) is 5.92 Å². The van der Waals surface area contributed by atoms with Crippen LogP contribution in [0.4, 0.5) is 0 Å². The molecule has 1 aromatic heterocycles. The van der Waals surface area contributed by atoms with Crippen molar-refractivity contribution in [1.82, 2.24) is 15.1 Å². The standard InChI is InChI=1S/C19H25N3O3/c1-13-4-3-5-15(10-13)17-16(11-20-21-17)12-22-8-6-14(7-9-22)18(25-2)19(23)24/h3-5,10-11,14,18H,6-9,12H2,1-2H3,(H,20,21)(H,23,24). The highest BCUT2D eigenvalue weighted by atomic mass is 16.5. The first-order chi connectivity index (χ1) is 12.1. The summed E-state index contributed by atoms with van der Waals surface area (Å²) in [6.07, 6.45) is 2.86. The van der Waals surface area contributed by atoms with E-state index in [9.17, 15) is 9.90 Å². The molecule has 1 saturated heterocycles. The number of nitrogens with zero attached hydrogens (tertiary/aromatic N) is 2. The number of hydrogen-bond acceptors (Lipinski definition) is 4. The first-order valence-corrected chi connectivity index (χ1v) is 8.65. The van der Waals surface area contributed by atoms with E-state index in [0.717, 1.165) is 43.7 Å². The summed E-state index contributed by atoms with van der Waals surface area (Å²) in [5, 5.41) is 16.6. The van der Waals surface area contributed by atoms with E-state index in [4.69, 9.17) is 4.74 Å². The highest BCUT2D eigenvalue weighted by Gasteiger charge is 2.31. The minimum absolute atomic E-state index is 0.0827. The molecule has 0 saturated carbocycles. The van der Waals surface area contributed by atoms with Crippen LogP contribution in [0.15, 0.2) is 30.5 Å². The van der Waals surface area contributed by atoms with Gasteiger partial charge in [0.15, 0.2) is 6.10 Å². The van der Waals surface area contributed by atoms with E-state index in [1.165, 1.54) is 18.2 Å². The fourth-order valence-corrected chi connectivity index (χ4v) is 3.63. The number of carboxylic acid groups (broad SMARTS) is 1. The number of likely N-dealkylation sites (tertiary alicyclic amines) is 1. The van der Waals surface area contributed by atoms with Crippen LogP contribution >= 0.6 is 0 Å². The molecule has 1 aliphatic heterocycles. The lowest BCUT2D eigenvalue weighted by atomic mass is 9.91. The second-order valence-electron chi connectivity index (χ2n) is 6.75. The van der Waals surface area contributed by atoms with Crippen LogP contribution in [0.5, 0.6) is 0 Å². The second-order valence-corrected chi connectivity index (χ2v) is 6.75. The largest absolute Gasteiger partial charge is 0.479 e. The summed E-state index contributed by atoms with van der Waals surface area (Å²) in [6, 6.07) is 8.38. The van der Waals surface area contributed by atoms with Crippen molar-refractivity contribution in [2.24, 2.45) is 5.92 Å². The molecule has 2 aromatic rings. The van der Waals surface area contributed by atoms with Crippen molar-refractivity contribution >= 4 is 5.97 Å². The maximum absolute atomic E-state index is 11.2. The number of benzene rings is 1. The average Bonchev–Trinajstić information content (AvgIpc) is 3.05. The molecule has 6 heteroatoms. The lowest BCUT2D eigenvalue weighted by Gasteiger charge is -2.34. The average molecular weight is 343 g/mol. The number of H-pyrrole nitrogens is 1. The van der Waals surface area contributed by atoms with Crippen molar-refractivity contribution in [3.63, 3.8) is 0 Å². The van der Waals surface area contributed by atoms with E-state index in [1.807, 2.05) is 6.20 Å². The van der Waals surface area contributed by atoms with Crippen LogP contribution in [0.2, 0.25) is 0 Å². The zero-order chi connectivity index (χ0) is 17.8. The van der Waals surface area contributed by atoms with E-state index < -0.39 is 12.1 Å². The van der Waals surface area contributed by atoms with Gasteiger partial charge < -0.3 is 9.84 Å². The Bertz CT molecular complexity index is 720. The van der Waals surface area contributed by atoms with Gasteiger partial charge in [-0.3, -0.25) is 10.00 Å². The van der Waals surface area contributed by atoms with Gasteiger partial charge in [-0.15, -0.1) is 0 Å². The molecular formula is C19H25N3O3. The third-order valence-corrected chi connectivity index (χ3v) is 4.98. The van der Waals surface area contributed by atoms with Crippen molar-refractivity contribution in [3.05, 3.63) is 41.6 Å². The number of piperidine rings is 1. The fourth-order valence-electron chi connectivity index (χ4n) is 3.63. The highest BCUT2D eigenvalue weighted by Crippen LogP contribution is 2.27. The number of methoxy groups -OCH3 is 1. The lowest BCUT2D eigenvalue weighted by Crippen LogP contribution is -2.41. The minimum Gasteiger partial charge on any atom is -0.479 e. The Morgan fingerprint density at radius 2 is 2.20 bits per heavy atom. The number of aromatic amines is 1. The van der Waals surface area contributed by atoms with Crippen LogP contribution < -0.4 is 0 Å². The number of aliphatic carboxylic acids is 1. The predicted octanol–water partition coefficient (Wildman–Crippen LogP) is 2.70. The Morgan fingerprint density at radius 1 is 1.44 bits per heavy atom. The van der Waals surface area contributed by atoms with E-state index in [2.05, 4.69) is 46.3 Å². The summed E-state index contributed by atoms with van der Waals surface area (Å²) in [7, 11) is 1.48. The summed E-state index contributed by atoms with van der Waals surface area (Å²) in [6.45, 7) is 4.64. The van der Waals surface area contributed by atoms with Crippen LogP contribution in [0.1, 0.15) is 24.0 Å². The van der Waals surface area contributed by atoms with Gasteiger partial charge >= 0.3 is 5.97 Å². The minimum atomic E-state index is -0.863. The normalized spacial score (nSPS) is 17.5. The molecule has 2 N–H and O–H groups in total. The molecule has 1 unspecified atom stereocenters. The monoisotopic (exact) mass is 343 g/mol. The maximum Gasteiger partial charge on any atom is 0.333 e. The van der Waals surface area contributed by atoms with E-state index in [0.29, 0.717) is 0 Å². The zero-order valence-corrected chi connectivity index (χ0v) is 14.7. The Balaban J connectivity index is 1.64. The third-order valence-electron chi connectivity index (χ3n) is 4.98. The van der Waals surface area contributed by atoms with Gasteiger partial charge in [0.05, 0.1) is 11.9 Å². The lowest BCUT2D eigenvalue weighted by molar-refractivity contribution is -0.153. The van der Waals surface area contributed by atoms with Gasteiger partial charge in [-0.25, -0.2) is 4.79 Å². The third kappa shape index (κ3) is 4.08. The van der Waals surface area contributed by atoms with Gasteiger partial charge in [-0.05, 0) is 44.8 Å². The molecule has 3 rings (SSSR count). The Kier molecular flexibility index (Phi) is 5.50.